The molecule has 2 aromatic rings. The zero-order chi connectivity index (χ0) is 17.3. The SMILES string of the molecule is C=CCOC(=O)N1CCc2c(c(=O)oc3c(CO)c(O)ccc23)C1. The van der Waals surface area contributed by atoms with Gasteiger partial charge < -0.3 is 24.3 Å². The van der Waals surface area contributed by atoms with Crippen molar-refractivity contribution in [2.45, 2.75) is 19.6 Å². The number of amides is 1. The van der Waals surface area contributed by atoms with Crippen LogP contribution in [0.4, 0.5) is 4.79 Å². The second-order valence-electron chi connectivity index (χ2n) is 5.48. The van der Waals surface area contributed by atoms with E-state index in [1.165, 1.54) is 17.0 Å². The number of ether oxygens (including phenoxy) is 1. The smallest absolute Gasteiger partial charge is 0.410 e. The van der Waals surface area contributed by atoms with Gasteiger partial charge in [-0.3, -0.25) is 0 Å². The van der Waals surface area contributed by atoms with Crippen molar-refractivity contribution in [2.24, 2.45) is 0 Å². The monoisotopic (exact) mass is 331 g/mol. The molecule has 0 saturated carbocycles. The van der Waals surface area contributed by atoms with Crippen molar-refractivity contribution >= 4 is 17.1 Å². The van der Waals surface area contributed by atoms with Crippen LogP contribution in [0, 0.1) is 0 Å². The Labute approximate surface area is 137 Å². The van der Waals surface area contributed by atoms with Crippen LogP contribution >= 0.6 is 0 Å². The lowest BCUT2D eigenvalue weighted by Gasteiger charge is -2.27. The number of hydrogen-bond acceptors (Lipinski definition) is 6. The summed E-state index contributed by atoms with van der Waals surface area (Å²) in [6.45, 7) is 3.64. The fourth-order valence-corrected chi connectivity index (χ4v) is 2.90. The molecule has 126 valence electrons. The van der Waals surface area contributed by atoms with Gasteiger partial charge in [-0.05, 0) is 24.1 Å². The van der Waals surface area contributed by atoms with Crippen LogP contribution in [0.15, 0.2) is 34.0 Å². The van der Waals surface area contributed by atoms with E-state index in [9.17, 15) is 19.8 Å². The van der Waals surface area contributed by atoms with Crippen LogP contribution in [-0.4, -0.2) is 34.4 Å². The molecular weight excluding hydrogens is 314 g/mol. The molecule has 1 aromatic heterocycles. The zero-order valence-corrected chi connectivity index (χ0v) is 12.9. The Morgan fingerprint density at radius 1 is 1.42 bits per heavy atom. The highest BCUT2D eigenvalue weighted by Gasteiger charge is 2.27. The summed E-state index contributed by atoms with van der Waals surface area (Å²) in [4.78, 5) is 25.7. The van der Waals surface area contributed by atoms with Crippen molar-refractivity contribution in [3.63, 3.8) is 0 Å². The Kier molecular flexibility index (Phi) is 4.26. The summed E-state index contributed by atoms with van der Waals surface area (Å²) < 4.78 is 10.3. The molecule has 1 aliphatic rings. The Hall–Kier alpha value is -2.80. The number of carbonyl (C=O) groups is 1. The predicted molar refractivity (Wildman–Crippen MR) is 85.7 cm³/mol. The summed E-state index contributed by atoms with van der Waals surface area (Å²) in [6.07, 6.45) is 1.42. The molecule has 0 radical (unpaired) electrons. The van der Waals surface area contributed by atoms with Crippen LogP contribution in [0.5, 0.6) is 5.75 Å². The molecule has 0 aliphatic carbocycles. The number of benzene rings is 1. The van der Waals surface area contributed by atoms with Crippen molar-refractivity contribution in [3.8, 4) is 5.75 Å². The maximum absolute atomic E-state index is 12.3. The molecule has 0 atom stereocenters. The summed E-state index contributed by atoms with van der Waals surface area (Å²) >= 11 is 0. The first kappa shape index (κ1) is 16.1. The molecule has 2 N–H and O–H groups in total. The minimum absolute atomic E-state index is 0.0961. The van der Waals surface area contributed by atoms with E-state index in [1.54, 1.807) is 6.07 Å². The van der Waals surface area contributed by atoms with Crippen molar-refractivity contribution < 1.29 is 24.2 Å². The number of carbonyl (C=O) groups excluding carboxylic acids is 1. The molecule has 24 heavy (non-hydrogen) atoms. The largest absolute Gasteiger partial charge is 0.507 e. The van der Waals surface area contributed by atoms with Crippen molar-refractivity contribution in [2.75, 3.05) is 13.2 Å². The molecule has 0 bridgehead atoms. The summed E-state index contributed by atoms with van der Waals surface area (Å²) in [7, 11) is 0. The molecule has 0 unspecified atom stereocenters. The highest BCUT2D eigenvalue weighted by Crippen LogP contribution is 2.31. The molecule has 7 heteroatoms. The van der Waals surface area contributed by atoms with Gasteiger partial charge in [0.05, 0.1) is 24.3 Å². The first-order valence-corrected chi connectivity index (χ1v) is 7.49. The number of aromatic hydroxyl groups is 1. The maximum atomic E-state index is 12.3. The number of fused-ring (bicyclic) bond motifs is 3. The van der Waals surface area contributed by atoms with Crippen LogP contribution in [0.2, 0.25) is 0 Å². The number of rotatable bonds is 3. The molecule has 3 rings (SSSR count). The molecule has 0 spiro atoms. The number of hydrogen-bond donors (Lipinski definition) is 2. The first-order chi connectivity index (χ1) is 11.6. The van der Waals surface area contributed by atoms with Gasteiger partial charge in [0, 0.05) is 11.9 Å². The van der Waals surface area contributed by atoms with Gasteiger partial charge in [0.15, 0.2) is 0 Å². The molecule has 1 aliphatic heterocycles. The fourth-order valence-electron chi connectivity index (χ4n) is 2.90. The van der Waals surface area contributed by atoms with E-state index in [1.807, 2.05) is 0 Å². The lowest BCUT2D eigenvalue weighted by molar-refractivity contribution is 0.107. The van der Waals surface area contributed by atoms with E-state index in [2.05, 4.69) is 6.58 Å². The summed E-state index contributed by atoms with van der Waals surface area (Å²) in [5.74, 6) is -0.126. The molecule has 7 nitrogen and oxygen atoms in total. The third-order valence-corrected chi connectivity index (χ3v) is 4.09. The number of aliphatic hydroxyl groups is 1. The van der Waals surface area contributed by atoms with Crippen LogP contribution in [0.3, 0.4) is 0 Å². The Morgan fingerprint density at radius 2 is 2.21 bits per heavy atom. The minimum Gasteiger partial charge on any atom is -0.507 e. The van der Waals surface area contributed by atoms with E-state index in [4.69, 9.17) is 9.15 Å². The van der Waals surface area contributed by atoms with Crippen LogP contribution in [0.25, 0.3) is 11.0 Å². The van der Waals surface area contributed by atoms with Crippen LogP contribution in [0.1, 0.15) is 16.7 Å². The lowest BCUT2D eigenvalue weighted by Crippen LogP contribution is -2.38. The van der Waals surface area contributed by atoms with Gasteiger partial charge in [-0.25, -0.2) is 9.59 Å². The maximum Gasteiger partial charge on any atom is 0.410 e. The van der Waals surface area contributed by atoms with E-state index >= 15 is 0 Å². The zero-order valence-electron chi connectivity index (χ0n) is 12.9. The van der Waals surface area contributed by atoms with E-state index < -0.39 is 18.3 Å². The number of aliphatic hydroxyl groups excluding tert-OH is 1. The Balaban J connectivity index is 2.05. The topological polar surface area (TPSA) is 100 Å². The Bertz CT molecular complexity index is 869. The van der Waals surface area contributed by atoms with Gasteiger partial charge >= 0.3 is 11.7 Å². The van der Waals surface area contributed by atoms with Gasteiger partial charge in [-0.15, -0.1) is 0 Å². The third kappa shape index (κ3) is 2.63. The number of phenols is 1. The van der Waals surface area contributed by atoms with Crippen LogP contribution in [-0.2, 0) is 24.3 Å². The van der Waals surface area contributed by atoms with Gasteiger partial charge in [-0.2, -0.15) is 0 Å². The summed E-state index contributed by atoms with van der Waals surface area (Å²) in [5, 5.41) is 19.9. The van der Waals surface area contributed by atoms with E-state index in [0.717, 1.165) is 5.56 Å². The molecule has 1 aromatic carbocycles. The van der Waals surface area contributed by atoms with E-state index in [-0.39, 0.29) is 30.0 Å². The highest BCUT2D eigenvalue weighted by molar-refractivity contribution is 5.86. The number of nitrogens with zero attached hydrogens (tertiary/aromatic N) is 1. The predicted octanol–water partition coefficient (Wildman–Crippen LogP) is 1.67. The van der Waals surface area contributed by atoms with Crippen molar-refractivity contribution in [3.05, 3.63) is 51.9 Å². The van der Waals surface area contributed by atoms with Gasteiger partial charge in [0.1, 0.15) is 17.9 Å². The minimum atomic E-state index is -0.584. The Morgan fingerprint density at radius 3 is 2.92 bits per heavy atom. The molecule has 0 saturated heterocycles. The molecule has 1 amide bonds. The van der Waals surface area contributed by atoms with E-state index in [0.29, 0.717) is 23.9 Å². The van der Waals surface area contributed by atoms with Gasteiger partial charge in [0.25, 0.3) is 0 Å². The van der Waals surface area contributed by atoms with Gasteiger partial charge in [0.2, 0.25) is 0 Å². The molecule has 0 fully saturated rings. The molecular formula is C17H17NO6. The first-order valence-electron chi connectivity index (χ1n) is 7.49. The standard InChI is InChI=1S/C17H17NO6/c1-2-7-23-17(22)18-6-5-10-11-3-4-14(20)13(9-19)15(11)24-16(21)12(10)8-18/h2-4,19-20H,1,5-9H2. The van der Waals surface area contributed by atoms with Crippen molar-refractivity contribution in [1.82, 2.24) is 4.90 Å². The second-order valence-corrected chi connectivity index (χ2v) is 5.48. The normalized spacial score (nSPS) is 13.6. The summed E-state index contributed by atoms with van der Waals surface area (Å²) in [5.41, 5.74) is 0.936. The fraction of sp³-hybridized carbons (Fsp3) is 0.294. The second kappa shape index (κ2) is 6.37. The summed E-state index contributed by atoms with van der Waals surface area (Å²) in [6, 6.07) is 3.11. The quantitative estimate of drug-likeness (QED) is 0.655. The van der Waals surface area contributed by atoms with Crippen LogP contribution < -0.4 is 5.63 Å². The van der Waals surface area contributed by atoms with Gasteiger partial charge in [-0.1, -0.05) is 12.7 Å². The highest BCUT2D eigenvalue weighted by atomic mass is 16.6. The lowest BCUT2D eigenvalue weighted by atomic mass is 9.96. The van der Waals surface area contributed by atoms with Crippen molar-refractivity contribution in [1.29, 1.82) is 0 Å². The average Bonchev–Trinajstić information content (AvgIpc) is 2.59. The third-order valence-electron chi connectivity index (χ3n) is 4.09. The average molecular weight is 331 g/mol. The molecule has 2 heterocycles.